The minimum absolute atomic E-state index is 0.576. The van der Waals surface area contributed by atoms with Crippen LogP contribution in [0.3, 0.4) is 0 Å². The van der Waals surface area contributed by atoms with Crippen molar-refractivity contribution in [3.8, 4) is 11.5 Å². The smallest absolute Gasteiger partial charge is 0.184 e. The fourth-order valence-electron chi connectivity index (χ4n) is 2.36. The number of fused-ring (bicyclic) bond motifs is 1. The Balaban J connectivity index is 1.52. The molecule has 122 valence electrons. The summed E-state index contributed by atoms with van der Waals surface area (Å²) in [5.74, 6) is 1.55. The maximum absolute atomic E-state index is 5.98. The Morgan fingerprint density at radius 1 is 1.00 bits per heavy atom. The van der Waals surface area contributed by atoms with Gasteiger partial charge in [0, 0.05) is 16.0 Å². The minimum atomic E-state index is 0.576. The van der Waals surface area contributed by atoms with E-state index in [-0.39, 0.29) is 0 Å². The first kappa shape index (κ1) is 15.2. The lowest BCUT2D eigenvalue weighted by molar-refractivity contribution is 0.171. The molecule has 7 heteroatoms. The van der Waals surface area contributed by atoms with Crippen molar-refractivity contribution >= 4 is 39.9 Å². The second-order valence-electron chi connectivity index (χ2n) is 5.15. The Morgan fingerprint density at radius 2 is 1.88 bits per heavy atom. The molecular formula is C17H14ClN3O2S. The second kappa shape index (κ2) is 6.67. The maximum Gasteiger partial charge on any atom is 0.184 e. The summed E-state index contributed by atoms with van der Waals surface area (Å²) in [7, 11) is 0. The van der Waals surface area contributed by atoms with Crippen LogP contribution in [-0.4, -0.2) is 18.4 Å². The number of hydrazine groups is 1. The van der Waals surface area contributed by atoms with Gasteiger partial charge < -0.3 is 9.47 Å². The van der Waals surface area contributed by atoms with E-state index in [9.17, 15) is 0 Å². The maximum atomic E-state index is 5.98. The number of halogens is 1. The molecule has 0 spiro atoms. The first-order valence-corrected chi connectivity index (χ1v) is 8.67. The first-order chi connectivity index (χ1) is 11.8. The van der Waals surface area contributed by atoms with E-state index in [1.807, 2.05) is 47.9 Å². The van der Waals surface area contributed by atoms with E-state index in [1.54, 1.807) is 0 Å². The summed E-state index contributed by atoms with van der Waals surface area (Å²) in [6, 6.07) is 13.3. The number of nitrogens with one attached hydrogen (secondary N) is 2. The Labute approximate surface area is 148 Å². The molecule has 0 bridgehead atoms. The van der Waals surface area contributed by atoms with Crippen molar-refractivity contribution in [1.82, 2.24) is 10.9 Å². The summed E-state index contributed by atoms with van der Waals surface area (Å²) < 4.78 is 11.2. The van der Waals surface area contributed by atoms with Gasteiger partial charge in [0.25, 0.3) is 0 Å². The van der Waals surface area contributed by atoms with Crippen LogP contribution in [0.25, 0.3) is 5.70 Å². The fourth-order valence-corrected chi connectivity index (χ4v) is 3.24. The van der Waals surface area contributed by atoms with Crippen LogP contribution < -0.4 is 20.3 Å². The van der Waals surface area contributed by atoms with Crippen molar-refractivity contribution < 1.29 is 9.47 Å². The Kier molecular flexibility index (Phi) is 4.23. The predicted molar refractivity (Wildman–Crippen MR) is 97.8 cm³/mol. The van der Waals surface area contributed by atoms with E-state index in [2.05, 4.69) is 15.8 Å². The number of thioether (sulfide) groups is 1. The zero-order valence-corrected chi connectivity index (χ0v) is 14.2. The minimum Gasteiger partial charge on any atom is -0.486 e. The van der Waals surface area contributed by atoms with E-state index in [1.165, 1.54) is 11.8 Å². The van der Waals surface area contributed by atoms with Gasteiger partial charge >= 0.3 is 0 Å². The Hall–Kier alpha value is -2.31. The highest BCUT2D eigenvalue weighted by molar-refractivity contribution is 8.16. The molecule has 0 unspecified atom stereocenters. The number of rotatable bonds is 2. The van der Waals surface area contributed by atoms with Gasteiger partial charge in [-0.15, -0.1) is 0 Å². The third-order valence-electron chi connectivity index (χ3n) is 3.48. The van der Waals surface area contributed by atoms with E-state index in [4.69, 9.17) is 21.1 Å². The number of ether oxygens (including phenoxy) is 2. The van der Waals surface area contributed by atoms with Crippen LogP contribution in [0.1, 0.15) is 5.56 Å². The molecule has 5 nitrogen and oxygen atoms in total. The van der Waals surface area contributed by atoms with Crippen LogP contribution in [-0.2, 0) is 0 Å². The third-order valence-corrected chi connectivity index (χ3v) is 4.49. The highest BCUT2D eigenvalue weighted by Gasteiger charge is 2.15. The average molecular weight is 360 g/mol. The van der Waals surface area contributed by atoms with Gasteiger partial charge in [0.15, 0.2) is 16.7 Å². The van der Waals surface area contributed by atoms with Gasteiger partial charge in [-0.25, -0.2) is 4.99 Å². The lowest BCUT2D eigenvalue weighted by Gasteiger charge is -2.22. The molecule has 0 atom stereocenters. The SMILES string of the molecule is Clc1cccc(N=C2NNC(c3ccc4c(c3)OCCO4)=CS2)c1. The molecule has 2 aliphatic rings. The molecular weight excluding hydrogens is 346 g/mol. The highest BCUT2D eigenvalue weighted by atomic mass is 35.5. The molecule has 4 rings (SSSR count). The van der Waals surface area contributed by atoms with Crippen molar-refractivity contribution in [3.05, 3.63) is 58.5 Å². The molecule has 0 saturated carbocycles. The van der Waals surface area contributed by atoms with Crippen LogP contribution in [0.4, 0.5) is 5.69 Å². The normalized spacial score (nSPS) is 17.7. The van der Waals surface area contributed by atoms with Crippen LogP contribution in [0.2, 0.25) is 5.02 Å². The largest absolute Gasteiger partial charge is 0.486 e. The Bertz CT molecular complexity index is 838. The number of aliphatic imine (C=N–C) groups is 1. The van der Waals surface area contributed by atoms with Gasteiger partial charge in [0.2, 0.25) is 0 Å². The van der Waals surface area contributed by atoms with Crippen molar-refractivity contribution in [1.29, 1.82) is 0 Å². The highest BCUT2D eigenvalue weighted by Crippen LogP contribution is 2.33. The van der Waals surface area contributed by atoms with Crippen molar-refractivity contribution in [2.75, 3.05) is 13.2 Å². The predicted octanol–water partition coefficient (Wildman–Crippen LogP) is 3.94. The molecule has 2 aromatic carbocycles. The first-order valence-electron chi connectivity index (χ1n) is 7.41. The molecule has 2 N–H and O–H groups in total. The van der Waals surface area contributed by atoms with Crippen LogP contribution >= 0.6 is 23.4 Å². The van der Waals surface area contributed by atoms with Crippen molar-refractivity contribution in [2.45, 2.75) is 0 Å². The average Bonchev–Trinajstić information content (AvgIpc) is 2.62. The van der Waals surface area contributed by atoms with Gasteiger partial charge in [-0.3, -0.25) is 10.9 Å². The van der Waals surface area contributed by atoms with E-state index in [0.717, 1.165) is 33.6 Å². The zero-order chi connectivity index (χ0) is 16.4. The van der Waals surface area contributed by atoms with Gasteiger partial charge in [-0.2, -0.15) is 0 Å². The quantitative estimate of drug-likeness (QED) is 0.850. The summed E-state index contributed by atoms with van der Waals surface area (Å²) in [5, 5.41) is 3.42. The molecule has 0 amide bonds. The van der Waals surface area contributed by atoms with E-state index < -0.39 is 0 Å². The number of hydrogen-bond acceptors (Lipinski definition) is 5. The van der Waals surface area contributed by atoms with Crippen molar-refractivity contribution in [2.24, 2.45) is 4.99 Å². The van der Waals surface area contributed by atoms with Crippen LogP contribution in [0.15, 0.2) is 52.9 Å². The molecule has 0 fully saturated rings. The van der Waals surface area contributed by atoms with Crippen molar-refractivity contribution in [3.63, 3.8) is 0 Å². The monoisotopic (exact) mass is 359 g/mol. The van der Waals surface area contributed by atoms with Crippen LogP contribution in [0, 0.1) is 0 Å². The summed E-state index contributed by atoms with van der Waals surface area (Å²) >= 11 is 7.48. The molecule has 2 aliphatic heterocycles. The van der Waals surface area contributed by atoms with Gasteiger partial charge in [-0.1, -0.05) is 29.4 Å². The topological polar surface area (TPSA) is 54.9 Å². The molecule has 0 saturated heterocycles. The lowest BCUT2D eigenvalue weighted by atomic mass is 10.1. The van der Waals surface area contributed by atoms with E-state index in [0.29, 0.717) is 18.2 Å². The molecule has 2 aromatic rings. The second-order valence-corrected chi connectivity index (χ2v) is 6.45. The van der Waals surface area contributed by atoms with E-state index >= 15 is 0 Å². The van der Waals surface area contributed by atoms with Gasteiger partial charge in [0.05, 0.1) is 11.4 Å². The fraction of sp³-hybridized carbons (Fsp3) is 0.118. The summed E-state index contributed by atoms with van der Waals surface area (Å²) in [6.45, 7) is 1.17. The molecule has 2 heterocycles. The molecule has 0 aliphatic carbocycles. The van der Waals surface area contributed by atoms with Crippen LogP contribution in [0.5, 0.6) is 11.5 Å². The molecule has 24 heavy (non-hydrogen) atoms. The summed E-state index contributed by atoms with van der Waals surface area (Å²) in [4.78, 5) is 4.51. The molecule has 0 radical (unpaired) electrons. The lowest BCUT2D eigenvalue weighted by Crippen LogP contribution is -2.36. The number of nitrogens with zero attached hydrogens (tertiary/aromatic N) is 1. The summed E-state index contributed by atoms with van der Waals surface area (Å²) in [5.41, 5.74) is 9.02. The number of amidine groups is 1. The standard InChI is InChI=1S/C17H14ClN3O2S/c18-12-2-1-3-13(9-12)19-17-21-20-14(10-24-17)11-4-5-15-16(8-11)23-7-6-22-15/h1-5,8-10,20H,6-7H2,(H,19,21). The molecule has 0 aromatic heterocycles. The van der Waals surface area contributed by atoms with Gasteiger partial charge in [-0.05, 0) is 36.4 Å². The Morgan fingerprint density at radius 3 is 2.67 bits per heavy atom. The number of benzene rings is 2. The number of hydrogen-bond donors (Lipinski definition) is 2. The third kappa shape index (κ3) is 3.29. The summed E-state index contributed by atoms with van der Waals surface area (Å²) in [6.07, 6.45) is 0. The zero-order valence-electron chi connectivity index (χ0n) is 12.6. The van der Waals surface area contributed by atoms with Gasteiger partial charge in [0.1, 0.15) is 13.2 Å².